The Hall–Kier alpha value is -3.68. The van der Waals surface area contributed by atoms with Gasteiger partial charge in [0.05, 0.1) is 6.54 Å². The van der Waals surface area contributed by atoms with Gasteiger partial charge < -0.3 is 20.7 Å². The number of amides is 2. The van der Waals surface area contributed by atoms with Crippen LogP contribution in [0.2, 0.25) is 0 Å². The first-order valence-electron chi connectivity index (χ1n) is 7.99. The molecule has 0 aliphatic heterocycles. The van der Waals surface area contributed by atoms with Gasteiger partial charge in [-0.3, -0.25) is 19.2 Å². The van der Waals surface area contributed by atoms with Crippen molar-refractivity contribution < 1.29 is 19.5 Å². The minimum Gasteiger partial charge on any atom is -0.507 e. The van der Waals surface area contributed by atoms with E-state index in [-0.39, 0.29) is 23.4 Å². The number of aryl methyl sites for hydroxylation is 1. The highest BCUT2D eigenvalue weighted by Gasteiger charge is 2.16. The summed E-state index contributed by atoms with van der Waals surface area (Å²) in [5, 5.41) is 12.3. The second-order valence-corrected chi connectivity index (χ2v) is 5.88. The first kappa shape index (κ1) is 19.6. The zero-order valence-corrected chi connectivity index (χ0v) is 14.9. The molecule has 8 nitrogen and oxygen atoms in total. The lowest BCUT2D eigenvalue weighted by Gasteiger charge is -2.07. The number of benzene rings is 1. The molecule has 0 fully saturated rings. The number of pyridine rings is 1. The predicted octanol–water partition coefficient (Wildman–Crippen LogP) is 0.511. The van der Waals surface area contributed by atoms with E-state index in [1.807, 2.05) is 0 Å². The molecule has 0 spiro atoms. The predicted molar refractivity (Wildman–Crippen MR) is 99.4 cm³/mol. The molecule has 2 amide bonds. The van der Waals surface area contributed by atoms with Crippen LogP contribution in [0.25, 0.3) is 6.08 Å². The molecule has 0 bridgehead atoms. The van der Waals surface area contributed by atoms with Gasteiger partial charge in [-0.1, -0.05) is 18.2 Å². The average molecular weight is 369 g/mol. The van der Waals surface area contributed by atoms with E-state index in [4.69, 9.17) is 5.73 Å². The summed E-state index contributed by atoms with van der Waals surface area (Å²) in [6, 6.07) is 7.64. The number of hydrogen-bond acceptors (Lipinski definition) is 5. The first-order valence-corrected chi connectivity index (χ1v) is 7.99. The number of aromatic hydroxyl groups is 1. The molecule has 1 aromatic carbocycles. The summed E-state index contributed by atoms with van der Waals surface area (Å²) in [7, 11) is 1.51. The molecule has 0 radical (unpaired) electrons. The molecule has 140 valence electrons. The van der Waals surface area contributed by atoms with Gasteiger partial charge in [0.25, 0.3) is 11.5 Å². The van der Waals surface area contributed by atoms with Crippen LogP contribution in [0, 0.1) is 6.92 Å². The molecule has 1 aromatic heterocycles. The highest BCUT2D eigenvalue weighted by Crippen LogP contribution is 2.16. The van der Waals surface area contributed by atoms with Gasteiger partial charge in [0.15, 0.2) is 5.78 Å². The number of aromatic nitrogens is 1. The minimum atomic E-state index is -0.663. The molecule has 2 rings (SSSR count). The van der Waals surface area contributed by atoms with Gasteiger partial charge in [-0.05, 0) is 30.7 Å². The number of nitrogens with zero attached hydrogens (tertiary/aromatic N) is 1. The third kappa shape index (κ3) is 4.69. The van der Waals surface area contributed by atoms with Crippen molar-refractivity contribution >= 4 is 23.7 Å². The van der Waals surface area contributed by atoms with Gasteiger partial charge in [-0.2, -0.15) is 0 Å². The van der Waals surface area contributed by atoms with Crippen LogP contribution in [-0.2, 0) is 11.8 Å². The fraction of sp³-hybridized carbons (Fsp3) is 0.158. The maximum absolute atomic E-state index is 12.3. The summed E-state index contributed by atoms with van der Waals surface area (Å²) in [4.78, 5) is 47.2. The maximum Gasteiger partial charge on any atom is 0.265 e. The topological polar surface area (TPSA) is 131 Å². The Kier molecular flexibility index (Phi) is 5.92. The lowest BCUT2D eigenvalue weighted by atomic mass is 10.1. The number of carbonyl (C=O) groups is 3. The van der Waals surface area contributed by atoms with E-state index in [0.29, 0.717) is 11.3 Å². The maximum atomic E-state index is 12.3. The van der Waals surface area contributed by atoms with Crippen molar-refractivity contribution in [3.05, 3.63) is 69.1 Å². The molecule has 2 aromatic rings. The molecule has 4 N–H and O–H groups in total. The monoisotopic (exact) mass is 369 g/mol. The number of hydrogen-bond donors (Lipinski definition) is 3. The Bertz CT molecular complexity index is 1000. The van der Waals surface area contributed by atoms with Crippen molar-refractivity contribution in [1.29, 1.82) is 0 Å². The van der Waals surface area contributed by atoms with Crippen molar-refractivity contribution in [3.63, 3.8) is 0 Å². The second kappa shape index (κ2) is 8.13. The van der Waals surface area contributed by atoms with Crippen molar-refractivity contribution in [2.24, 2.45) is 12.8 Å². The highest BCUT2D eigenvalue weighted by atomic mass is 16.3. The van der Waals surface area contributed by atoms with Crippen LogP contribution < -0.4 is 16.6 Å². The van der Waals surface area contributed by atoms with Crippen LogP contribution in [0.15, 0.2) is 41.2 Å². The van der Waals surface area contributed by atoms with Crippen molar-refractivity contribution in [1.82, 2.24) is 9.88 Å². The molecule has 0 saturated heterocycles. The number of allylic oxidation sites excluding steroid dienone is 1. The van der Waals surface area contributed by atoms with Crippen molar-refractivity contribution in [2.75, 3.05) is 6.54 Å². The summed E-state index contributed by atoms with van der Waals surface area (Å²) in [5.74, 6) is -2.19. The quantitative estimate of drug-likeness (QED) is 0.504. The SMILES string of the molecule is Cc1cc(O)c(C(=O)/C=C/c2cccc(C(=O)NCC(N)=O)c2)c(=O)n1C. The third-order valence-corrected chi connectivity index (χ3v) is 3.89. The van der Waals surface area contributed by atoms with Crippen LogP contribution >= 0.6 is 0 Å². The fourth-order valence-corrected chi connectivity index (χ4v) is 2.34. The largest absolute Gasteiger partial charge is 0.507 e. The van der Waals surface area contributed by atoms with E-state index < -0.39 is 23.2 Å². The van der Waals surface area contributed by atoms with Crippen LogP contribution in [-0.4, -0.2) is 33.8 Å². The number of nitrogens with two attached hydrogens (primary N) is 1. The molecular weight excluding hydrogens is 350 g/mol. The highest BCUT2D eigenvalue weighted by molar-refractivity contribution is 6.08. The van der Waals surface area contributed by atoms with Gasteiger partial charge >= 0.3 is 0 Å². The Morgan fingerprint density at radius 1 is 1.26 bits per heavy atom. The van der Waals surface area contributed by atoms with Crippen LogP contribution in [0.4, 0.5) is 0 Å². The van der Waals surface area contributed by atoms with Gasteiger partial charge in [0, 0.05) is 24.4 Å². The molecule has 0 atom stereocenters. The fourth-order valence-electron chi connectivity index (χ4n) is 2.34. The van der Waals surface area contributed by atoms with Crippen LogP contribution in [0.1, 0.15) is 32.0 Å². The van der Waals surface area contributed by atoms with E-state index in [2.05, 4.69) is 5.32 Å². The van der Waals surface area contributed by atoms with Gasteiger partial charge in [0.1, 0.15) is 11.3 Å². The van der Waals surface area contributed by atoms with Crippen molar-refractivity contribution in [3.8, 4) is 5.75 Å². The Morgan fingerprint density at radius 2 is 1.96 bits per heavy atom. The summed E-state index contributed by atoms with van der Waals surface area (Å²) in [5.41, 5.74) is 5.38. The number of rotatable bonds is 6. The lowest BCUT2D eigenvalue weighted by Crippen LogP contribution is -2.33. The second-order valence-electron chi connectivity index (χ2n) is 5.88. The van der Waals surface area contributed by atoms with E-state index in [9.17, 15) is 24.3 Å². The summed E-state index contributed by atoms with van der Waals surface area (Å²) in [6.45, 7) is 1.35. The first-order chi connectivity index (χ1) is 12.7. The summed E-state index contributed by atoms with van der Waals surface area (Å²) >= 11 is 0. The standard InChI is InChI=1S/C19H19N3O5/c1-11-8-15(24)17(19(27)22(11)2)14(23)7-6-12-4-3-5-13(9-12)18(26)21-10-16(20)25/h3-9,24H,10H2,1-2H3,(H2,20,25)(H,21,26)/b7-6+. The van der Waals surface area contributed by atoms with Gasteiger partial charge in [-0.15, -0.1) is 0 Å². The summed E-state index contributed by atoms with van der Waals surface area (Å²) in [6.07, 6.45) is 2.57. The van der Waals surface area contributed by atoms with Crippen LogP contribution in [0.5, 0.6) is 5.75 Å². The molecule has 1 heterocycles. The normalized spacial score (nSPS) is 10.7. The molecule has 0 aliphatic carbocycles. The number of ketones is 1. The van der Waals surface area contributed by atoms with E-state index in [1.165, 1.54) is 35.9 Å². The van der Waals surface area contributed by atoms with Gasteiger partial charge in [-0.25, -0.2) is 0 Å². The Balaban J connectivity index is 2.24. The molecule has 0 unspecified atom stereocenters. The van der Waals surface area contributed by atoms with Gasteiger partial charge in [0.2, 0.25) is 5.91 Å². The molecule has 8 heteroatoms. The number of nitrogens with one attached hydrogen (secondary N) is 1. The van der Waals surface area contributed by atoms with Crippen LogP contribution in [0.3, 0.4) is 0 Å². The van der Waals surface area contributed by atoms with E-state index in [0.717, 1.165) is 6.08 Å². The van der Waals surface area contributed by atoms with Crippen molar-refractivity contribution in [2.45, 2.75) is 6.92 Å². The zero-order chi connectivity index (χ0) is 20.1. The zero-order valence-electron chi connectivity index (χ0n) is 14.9. The molecular formula is C19H19N3O5. The number of carbonyl (C=O) groups excluding carboxylic acids is 3. The molecule has 27 heavy (non-hydrogen) atoms. The smallest absolute Gasteiger partial charge is 0.265 e. The molecule has 0 saturated carbocycles. The minimum absolute atomic E-state index is 0.278. The Labute approximate surface area is 154 Å². The van der Waals surface area contributed by atoms with E-state index >= 15 is 0 Å². The number of primary amides is 1. The lowest BCUT2D eigenvalue weighted by molar-refractivity contribution is -0.117. The molecule has 0 aliphatic rings. The Morgan fingerprint density at radius 3 is 2.63 bits per heavy atom. The average Bonchev–Trinajstić information content (AvgIpc) is 2.62. The summed E-state index contributed by atoms with van der Waals surface area (Å²) < 4.78 is 1.27. The van der Waals surface area contributed by atoms with E-state index in [1.54, 1.807) is 19.1 Å². The third-order valence-electron chi connectivity index (χ3n) is 3.89.